The first-order valence-corrected chi connectivity index (χ1v) is 34.5. The second-order valence-electron chi connectivity index (χ2n) is 22.7. The molecular weight excluding hydrogens is 1010 g/mol. The molecule has 6 nitrogen and oxygen atoms in total. The van der Waals surface area contributed by atoms with Gasteiger partial charge in [0, 0.05) is 19.3 Å². The molecule has 0 radical (unpaired) electrons. The van der Waals surface area contributed by atoms with Crippen molar-refractivity contribution in [3.63, 3.8) is 0 Å². The predicted molar refractivity (Wildman–Crippen MR) is 357 cm³/mol. The summed E-state index contributed by atoms with van der Waals surface area (Å²) in [4.78, 5) is 38.4. The Kier molecular flexibility index (Phi) is 65.8. The van der Waals surface area contributed by atoms with Gasteiger partial charge in [0.25, 0.3) is 0 Å². The molecule has 0 aliphatic rings. The summed E-state index contributed by atoms with van der Waals surface area (Å²) in [6.07, 6.45) is 96.6. The highest BCUT2D eigenvalue weighted by Crippen LogP contribution is 2.16. The van der Waals surface area contributed by atoms with Crippen LogP contribution >= 0.6 is 0 Å². The van der Waals surface area contributed by atoms with Gasteiger partial charge in [-0.2, -0.15) is 0 Å². The number of allylic oxidation sites excluding steroid dienone is 20. The van der Waals surface area contributed by atoms with Gasteiger partial charge in [0.05, 0.1) is 0 Å². The first-order valence-electron chi connectivity index (χ1n) is 34.5. The summed E-state index contributed by atoms with van der Waals surface area (Å²) in [5, 5.41) is 0. The fourth-order valence-electron chi connectivity index (χ4n) is 9.53. The zero-order chi connectivity index (χ0) is 59.2. The van der Waals surface area contributed by atoms with Gasteiger partial charge in [0.2, 0.25) is 0 Å². The maximum atomic E-state index is 12.9. The van der Waals surface area contributed by atoms with Gasteiger partial charge in [-0.15, -0.1) is 0 Å². The molecule has 0 aliphatic heterocycles. The van der Waals surface area contributed by atoms with Crippen molar-refractivity contribution in [3.8, 4) is 0 Å². The normalized spacial score (nSPS) is 12.9. The lowest BCUT2D eigenvalue weighted by Crippen LogP contribution is -2.30. The molecule has 0 rings (SSSR count). The second-order valence-corrected chi connectivity index (χ2v) is 22.7. The highest BCUT2D eigenvalue weighted by Gasteiger charge is 2.19. The number of esters is 3. The Morgan fingerprint density at radius 3 is 0.805 bits per heavy atom. The van der Waals surface area contributed by atoms with E-state index in [4.69, 9.17) is 14.2 Å². The molecule has 0 N–H and O–H groups in total. The van der Waals surface area contributed by atoms with Crippen LogP contribution in [0.1, 0.15) is 323 Å². The minimum Gasteiger partial charge on any atom is -0.462 e. The molecule has 0 bridgehead atoms. The minimum atomic E-state index is -0.827. The van der Waals surface area contributed by atoms with Gasteiger partial charge in [-0.1, -0.05) is 303 Å². The molecule has 1 atom stereocenters. The van der Waals surface area contributed by atoms with E-state index in [9.17, 15) is 14.4 Å². The lowest BCUT2D eigenvalue weighted by molar-refractivity contribution is -0.166. The van der Waals surface area contributed by atoms with Gasteiger partial charge in [-0.05, 0) is 122 Å². The number of unbranched alkanes of at least 4 members (excludes halogenated alkanes) is 31. The van der Waals surface area contributed by atoms with Crippen molar-refractivity contribution in [1.82, 2.24) is 0 Å². The summed E-state index contributed by atoms with van der Waals surface area (Å²) in [6, 6.07) is 0. The number of ether oxygens (including phenoxy) is 3. The number of hydrogen-bond donors (Lipinski definition) is 0. The molecule has 0 aliphatic carbocycles. The highest BCUT2D eigenvalue weighted by molar-refractivity contribution is 5.71. The minimum absolute atomic E-state index is 0.112. The quantitative estimate of drug-likeness (QED) is 0.0261. The van der Waals surface area contributed by atoms with Crippen LogP contribution in [0.25, 0.3) is 0 Å². The van der Waals surface area contributed by atoms with Crippen molar-refractivity contribution in [2.75, 3.05) is 13.2 Å². The third kappa shape index (κ3) is 66.6. The van der Waals surface area contributed by atoms with Gasteiger partial charge in [-0.25, -0.2) is 0 Å². The van der Waals surface area contributed by atoms with E-state index < -0.39 is 12.1 Å². The third-order valence-electron chi connectivity index (χ3n) is 14.7. The topological polar surface area (TPSA) is 78.9 Å². The van der Waals surface area contributed by atoms with E-state index in [1.165, 1.54) is 180 Å². The molecule has 0 heterocycles. The number of carbonyl (C=O) groups is 3. The molecule has 0 aromatic heterocycles. The summed E-state index contributed by atoms with van der Waals surface area (Å²) in [7, 11) is 0. The van der Waals surface area contributed by atoms with Crippen LogP contribution in [0.15, 0.2) is 122 Å². The highest BCUT2D eigenvalue weighted by atomic mass is 16.6. The molecule has 0 fully saturated rings. The van der Waals surface area contributed by atoms with Crippen molar-refractivity contribution < 1.29 is 28.6 Å². The Morgan fingerprint density at radius 1 is 0.256 bits per heavy atom. The van der Waals surface area contributed by atoms with Gasteiger partial charge < -0.3 is 14.2 Å². The van der Waals surface area contributed by atoms with E-state index in [1.807, 2.05) is 6.08 Å². The van der Waals surface area contributed by atoms with Crippen LogP contribution in [-0.4, -0.2) is 37.2 Å². The monoisotopic (exact) mass is 1140 g/mol. The van der Waals surface area contributed by atoms with Crippen LogP contribution in [0.4, 0.5) is 0 Å². The van der Waals surface area contributed by atoms with E-state index in [2.05, 4.69) is 136 Å². The molecule has 0 aromatic rings. The lowest BCUT2D eigenvalue weighted by atomic mass is 10.0. The Morgan fingerprint density at radius 2 is 0.500 bits per heavy atom. The fourth-order valence-corrected chi connectivity index (χ4v) is 9.53. The molecular formula is C76H128O6. The Hall–Kier alpha value is -4.19. The molecule has 0 saturated carbocycles. The zero-order valence-electron chi connectivity index (χ0n) is 53.7. The van der Waals surface area contributed by atoms with E-state index in [0.29, 0.717) is 19.3 Å². The van der Waals surface area contributed by atoms with E-state index >= 15 is 0 Å². The van der Waals surface area contributed by atoms with Crippen LogP contribution in [-0.2, 0) is 28.6 Å². The van der Waals surface area contributed by atoms with Crippen molar-refractivity contribution in [1.29, 1.82) is 0 Å². The molecule has 82 heavy (non-hydrogen) atoms. The number of carbonyl (C=O) groups excluding carboxylic acids is 3. The molecule has 0 amide bonds. The first kappa shape index (κ1) is 77.8. The maximum absolute atomic E-state index is 12.9. The van der Waals surface area contributed by atoms with Gasteiger partial charge in [0.1, 0.15) is 13.2 Å². The standard InChI is InChI=1S/C76H128O6/c1-4-7-10-13-16-19-22-25-28-31-34-35-36-37-38-39-40-41-43-45-48-51-54-57-60-63-66-69-75(78)81-72-73(71-80-74(77)68-65-62-59-56-53-50-47-44-33-30-27-24-21-18-15-12-9-6-3)82-76(79)70-67-64-61-58-55-52-49-46-42-32-29-26-23-20-17-14-11-8-5-2/h8,11,17,20-22,24-26,29-31,33-34,42,46,52,55,61,64,73H,4-7,9-10,12-16,18-19,23,27-28,32,35-41,43-45,47-51,53-54,56-60,62-63,65-72H2,1-3H3/b11-8-,20-17-,24-21-,25-22-,29-26-,33-30-,34-31-,46-42-,55-52-,64-61-. The fraction of sp³-hybridized carbons (Fsp3) is 0.697. The maximum Gasteiger partial charge on any atom is 0.306 e. The van der Waals surface area contributed by atoms with E-state index in [1.54, 1.807) is 0 Å². The first-order chi connectivity index (χ1) is 40.5. The smallest absolute Gasteiger partial charge is 0.306 e. The molecule has 0 spiro atoms. The van der Waals surface area contributed by atoms with Crippen LogP contribution in [0.3, 0.4) is 0 Å². The number of rotatable bonds is 62. The van der Waals surface area contributed by atoms with Gasteiger partial charge in [-0.3, -0.25) is 14.4 Å². The van der Waals surface area contributed by atoms with Crippen molar-refractivity contribution in [3.05, 3.63) is 122 Å². The van der Waals surface area contributed by atoms with Crippen LogP contribution < -0.4 is 0 Å². The van der Waals surface area contributed by atoms with Crippen LogP contribution in [0.5, 0.6) is 0 Å². The summed E-state index contributed by atoms with van der Waals surface area (Å²) < 4.78 is 16.9. The predicted octanol–water partition coefficient (Wildman–Crippen LogP) is 23.9. The van der Waals surface area contributed by atoms with Crippen LogP contribution in [0.2, 0.25) is 0 Å². The zero-order valence-corrected chi connectivity index (χ0v) is 53.7. The van der Waals surface area contributed by atoms with Gasteiger partial charge >= 0.3 is 17.9 Å². The average Bonchev–Trinajstić information content (AvgIpc) is 3.47. The van der Waals surface area contributed by atoms with Gasteiger partial charge in [0.15, 0.2) is 6.10 Å². The summed E-state index contributed by atoms with van der Waals surface area (Å²) in [5.41, 5.74) is 0. The summed E-state index contributed by atoms with van der Waals surface area (Å²) in [5.74, 6) is -0.996. The average molecular weight is 1140 g/mol. The largest absolute Gasteiger partial charge is 0.462 e. The summed E-state index contributed by atoms with van der Waals surface area (Å²) >= 11 is 0. The molecule has 468 valence electrons. The molecule has 0 saturated heterocycles. The molecule has 6 heteroatoms. The Labute approximate surface area is 507 Å². The van der Waals surface area contributed by atoms with Crippen molar-refractivity contribution in [2.24, 2.45) is 0 Å². The summed E-state index contributed by atoms with van der Waals surface area (Å²) in [6.45, 7) is 6.46. The number of hydrogen-bond acceptors (Lipinski definition) is 6. The molecule has 1 unspecified atom stereocenters. The SMILES string of the molecule is CC/C=C\C/C=C\C/C=C\C/C=C\C/C=C\C/C=C\CCC(=O)OC(COC(=O)CCCCCCCCC/C=C\C/C=C\CCCCCC)COC(=O)CCCCCCCCCCCCCCCCC/C=C\C/C=C\CCCCCCC. The van der Waals surface area contributed by atoms with Crippen molar-refractivity contribution in [2.45, 2.75) is 329 Å². The van der Waals surface area contributed by atoms with E-state index in [-0.39, 0.29) is 31.6 Å². The Bertz CT molecular complexity index is 1690. The second kappa shape index (κ2) is 69.3. The molecule has 0 aromatic carbocycles. The lowest BCUT2D eigenvalue weighted by Gasteiger charge is -2.18. The van der Waals surface area contributed by atoms with Crippen LogP contribution in [0, 0.1) is 0 Å². The Balaban J connectivity index is 4.42. The third-order valence-corrected chi connectivity index (χ3v) is 14.7. The van der Waals surface area contributed by atoms with E-state index in [0.717, 1.165) is 96.3 Å². The van der Waals surface area contributed by atoms with Crippen molar-refractivity contribution >= 4 is 17.9 Å².